The number of benzene rings is 2. The molecule has 0 N–H and O–H groups in total. The van der Waals surface area contributed by atoms with E-state index in [1.165, 1.54) is 6.07 Å². The number of hydrogen-bond acceptors (Lipinski definition) is 3. The molecule has 1 amide bonds. The van der Waals surface area contributed by atoms with Crippen molar-refractivity contribution in [3.05, 3.63) is 59.9 Å². The Kier molecular flexibility index (Phi) is 4.81. The average Bonchev–Trinajstić information content (AvgIpc) is 2.61. The number of nitrogens with zero attached hydrogens (tertiary/aromatic N) is 2. The zero-order chi connectivity index (χ0) is 17.1. The Morgan fingerprint density at radius 2 is 1.96 bits per heavy atom. The molecule has 0 saturated carbocycles. The van der Waals surface area contributed by atoms with Crippen molar-refractivity contribution in [3.8, 4) is 5.75 Å². The molecule has 2 aromatic rings. The number of amides is 1. The number of ether oxygens (including phenoxy) is 1. The number of carbonyl (C=O) groups excluding carboxylic acids is 1. The van der Waals surface area contributed by atoms with Gasteiger partial charge in [-0.3, -0.25) is 9.69 Å². The molecule has 0 bridgehead atoms. The van der Waals surface area contributed by atoms with Gasteiger partial charge in [-0.25, -0.2) is 4.39 Å². The fraction of sp³-hybridized carbons (Fsp3) is 0.316. The monoisotopic (exact) mass is 328 g/mol. The quantitative estimate of drug-likeness (QED) is 0.865. The first kappa shape index (κ1) is 16.5. The van der Waals surface area contributed by atoms with Crippen molar-refractivity contribution in [1.82, 2.24) is 4.90 Å². The minimum Gasteiger partial charge on any atom is -0.497 e. The van der Waals surface area contributed by atoms with Crippen LogP contribution in [0.1, 0.15) is 12.5 Å². The number of methoxy groups -OCH3 is 1. The number of hydrogen-bond donors (Lipinski definition) is 0. The second-order valence-electron chi connectivity index (χ2n) is 5.93. The fourth-order valence-corrected chi connectivity index (χ4v) is 3.01. The lowest BCUT2D eigenvalue weighted by Crippen LogP contribution is -2.55. The van der Waals surface area contributed by atoms with E-state index in [2.05, 4.69) is 0 Å². The topological polar surface area (TPSA) is 32.8 Å². The molecule has 3 rings (SSSR count). The molecule has 1 heterocycles. The molecule has 0 radical (unpaired) electrons. The SMILES string of the molecule is COc1cccc(N2CCN(Cc3ccccc3F)[C@@H](C)C2=O)c1. The van der Waals surface area contributed by atoms with Gasteiger partial charge in [0.15, 0.2) is 0 Å². The Bertz CT molecular complexity index is 735. The van der Waals surface area contributed by atoms with Gasteiger partial charge in [0, 0.05) is 37.0 Å². The molecule has 1 aliphatic rings. The zero-order valence-electron chi connectivity index (χ0n) is 13.9. The third-order valence-electron chi connectivity index (χ3n) is 4.48. The van der Waals surface area contributed by atoms with E-state index in [1.54, 1.807) is 24.1 Å². The summed E-state index contributed by atoms with van der Waals surface area (Å²) in [5.74, 6) is 0.514. The van der Waals surface area contributed by atoms with E-state index in [4.69, 9.17) is 4.74 Å². The Morgan fingerprint density at radius 3 is 2.71 bits per heavy atom. The van der Waals surface area contributed by atoms with Gasteiger partial charge in [-0.1, -0.05) is 24.3 Å². The Labute approximate surface area is 141 Å². The Hall–Kier alpha value is -2.40. The van der Waals surface area contributed by atoms with E-state index in [-0.39, 0.29) is 17.8 Å². The third kappa shape index (κ3) is 3.26. The molecule has 1 aliphatic heterocycles. The van der Waals surface area contributed by atoms with Gasteiger partial charge < -0.3 is 9.64 Å². The average molecular weight is 328 g/mol. The summed E-state index contributed by atoms with van der Waals surface area (Å²) in [4.78, 5) is 16.5. The van der Waals surface area contributed by atoms with Crippen LogP contribution in [0.4, 0.5) is 10.1 Å². The van der Waals surface area contributed by atoms with Crippen molar-refractivity contribution in [1.29, 1.82) is 0 Å². The number of rotatable bonds is 4. The van der Waals surface area contributed by atoms with Crippen LogP contribution in [0.2, 0.25) is 0 Å². The van der Waals surface area contributed by atoms with Gasteiger partial charge in [-0.05, 0) is 25.1 Å². The maximum absolute atomic E-state index is 13.9. The molecule has 24 heavy (non-hydrogen) atoms. The largest absolute Gasteiger partial charge is 0.497 e. The first-order valence-corrected chi connectivity index (χ1v) is 8.03. The lowest BCUT2D eigenvalue weighted by Gasteiger charge is -2.39. The van der Waals surface area contributed by atoms with Crippen LogP contribution in [-0.4, -0.2) is 37.0 Å². The van der Waals surface area contributed by atoms with Gasteiger partial charge in [0.2, 0.25) is 5.91 Å². The van der Waals surface area contributed by atoms with Gasteiger partial charge in [-0.15, -0.1) is 0 Å². The summed E-state index contributed by atoms with van der Waals surface area (Å²) in [7, 11) is 1.61. The van der Waals surface area contributed by atoms with Gasteiger partial charge in [0.05, 0.1) is 13.2 Å². The molecular weight excluding hydrogens is 307 g/mol. The van der Waals surface area contributed by atoms with E-state index >= 15 is 0 Å². The highest BCUT2D eigenvalue weighted by atomic mass is 19.1. The first-order chi connectivity index (χ1) is 11.6. The standard InChI is InChI=1S/C19H21FN2O2/c1-14-19(23)22(16-7-5-8-17(12-16)24-2)11-10-21(14)13-15-6-3-4-9-18(15)20/h3-9,12,14H,10-11,13H2,1-2H3/t14-/m0/s1. The van der Waals surface area contributed by atoms with Crippen LogP contribution in [0.15, 0.2) is 48.5 Å². The van der Waals surface area contributed by atoms with E-state index < -0.39 is 0 Å². The number of carbonyl (C=O) groups is 1. The Balaban J connectivity index is 1.75. The van der Waals surface area contributed by atoms with Gasteiger partial charge in [0.25, 0.3) is 0 Å². The lowest BCUT2D eigenvalue weighted by molar-refractivity contribution is -0.125. The van der Waals surface area contributed by atoms with E-state index in [0.29, 0.717) is 25.2 Å². The summed E-state index contributed by atoms with van der Waals surface area (Å²) >= 11 is 0. The molecule has 1 fully saturated rings. The van der Waals surface area contributed by atoms with E-state index in [1.807, 2.05) is 42.2 Å². The van der Waals surface area contributed by atoms with Crippen LogP contribution in [0.3, 0.4) is 0 Å². The normalized spacial score (nSPS) is 18.7. The van der Waals surface area contributed by atoms with Gasteiger partial charge in [-0.2, -0.15) is 0 Å². The number of piperazine rings is 1. The fourth-order valence-electron chi connectivity index (χ4n) is 3.01. The molecule has 5 heteroatoms. The van der Waals surface area contributed by atoms with Gasteiger partial charge in [0.1, 0.15) is 11.6 Å². The molecule has 0 spiro atoms. The van der Waals surface area contributed by atoms with Crippen molar-refractivity contribution in [2.24, 2.45) is 0 Å². The van der Waals surface area contributed by atoms with Crippen molar-refractivity contribution in [3.63, 3.8) is 0 Å². The van der Waals surface area contributed by atoms with Gasteiger partial charge >= 0.3 is 0 Å². The smallest absolute Gasteiger partial charge is 0.244 e. The van der Waals surface area contributed by atoms with Crippen molar-refractivity contribution >= 4 is 11.6 Å². The molecule has 2 aromatic carbocycles. The summed E-state index contributed by atoms with van der Waals surface area (Å²) < 4.78 is 19.1. The summed E-state index contributed by atoms with van der Waals surface area (Å²) in [5.41, 5.74) is 1.45. The summed E-state index contributed by atoms with van der Waals surface area (Å²) in [6.45, 7) is 3.57. The maximum atomic E-state index is 13.9. The van der Waals surface area contributed by atoms with Crippen LogP contribution < -0.4 is 9.64 Å². The minimum atomic E-state index is -0.301. The predicted molar refractivity (Wildman–Crippen MR) is 91.6 cm³/mol. The second-order valence-corrected chi connectivity index (χ2v) is 5.93. The molecule has 0 aliphatic carbocycles. The maximum Gasteiger partial charge on any atom is 0.244 e. The van der Waals surface area contributed by atoms with E-state index in [0.717, 1.165) is 11.4 Å². The summed E-state index contributed by atoms with van der Waals surface area (Å²) in [6, 6.07) is 13.9. The molecule has 0 unspecified atom stereocenters. The molecule has 1 atom stereocenters. The van der Waals surface area contributed by atoms with Crippen LogP contribution in [0, 0.1) is 5.82 Å². The van der Waals surface area contributed by atoms with Crippen LogP contribution in [0.25, 0.3) is 0 Å². The van der Waals surface area contributed by atoms with Crippen LogP contribution >= 0.6 is 0 Å². The van der Waals surface area contributed by atoms with E-state index in [9.17, 15) is 9.18 Å². The number of anilines is 1. The summed E-state index contributed by atoms with van der Waals surface area (Å²) in [5, 5.41) is 0. The highest BCUT2D eigenvalue weighted by Crippen LogP contribution is 2.25. The lowest BCUT2D eigenvalue weighted by atomic mass is 10.1. The zero-order valence-corrected chi connectivity index (χ0v) is 13.9. The number of halogens is 1. The molecule has 126 valence electrons. The first-order valence-electron chi connectivity index (χ1n) is 8.03. The minimum absolute atomic E-state index is 0.0193. The molecule has 0 aromatic heterocycles. The second kappa shape index (κ2) is 7.01. The summed E-state index contributed by atoms with van der Waals surface area (Å²) in [6.07, 6.45) is 0. The van der Waals surface area contributed by atoms with Crippen molar-refractivity contribution < 1.29 is 13.9 Å². The molecule has 4 nitrogen and oxygen atoms in total. The van der Waals surface area contributed by atoms with Crippen molar-refractivity contribution in [2.75, 3.05) is 25.1 Å². The highest BCUT2D eigenvalue weighted by Gasteiger charge is 2.32. The predicted octanol–water partition coefficient (Wildman–Crippen LogP) is 3.07. The highest BCUT2D eigenvalue weighted by molar-refractivity contribution is 5.97. The Morgan fingerprint density at radius 1 is 1.17 bits per heavy atom. The molecule has 1 saturated heterocycles. The van der Waals surface area contributed by atoms with Crippen LogP contribution in [-0.2, 0) is 11.3 Å². The van der Waals surface area contributed by atoms with Crippen molar-refractivity contribution in [2.45, 2.75) is 19.5 Å². The molecular formula is C19H21FN2O2. The third-order valence-corrected chi connectivity index (χ3v) is 4.48. The van der Waals surface area contributed by atoms with Crippen LogP contribution in [0.5, 0.6) is 5.75 Å².